The van der Waals surface area contributed by atoms with E-state index in [1.54, 1.807) is 11.3 Å². The summed E-state index contributed by atoms with van der Waals surface area (Å²) in [4.78, 5) is 2.45. The minimum absolute atomic E-state index is 0.138. The number of aryl methyl sites for hydroxylation is 1. The van der Waals surface area contributed by atoms with E-state index in [0.29, 0.717) is 5.38 Å². The lowest BCUT2D eigenvalue weighted by Gasteiger charge is -2.03. The number of rotatable bonds is 9. The molecule has 0 amide bonds. The second-order valence-corrected chi connectivity index (χ2v) is 8.88. The fraction of sp³-hybridized carbons (Fsp3) is 0.652. The van der Waals surface area contributed by atoms with Crippen molar-refractivity contribution in [2.24, 2.45) is 5.92 Å². The first-order valence-corrected chi connectivity index (χ1v) is 11.3. The van der Waals surface area contributed by atoms with Crippen LogP contribution in [0.1, 0.15) is 75.0 Å². The van der Waals surface area contributed by atoms with Gasteiger partial charge in [-0.05, 0) is 69.9 Å². The molecule has 3 atom stereocenters. The summed E-state index contributed by atoms with van der Waals surface area (Å²) in [5, 5.41) is 18.2. The predicted molar refractivity (Wildman–Crippen MR) is 120 cm³/mol. The molecule has 0 unspecified atom stereocenters. The van der Waals surface area contributed by atoms with Crippen LogP contribution in [0.5, 0.6) is 0 Å². The first-order chi connectivity index (χ1) is 13.0. The molecule has 27 heavy (non-hydrogen) atoms. The molecule has 1 saturated carbocycles. The number of hydrogen-bond donors (Lipinski definition) is 2. The summed E-state index contributed by atoms with van der Waals surface area (Å²) in [5.74, 6) is 0.726. The lowest BCUT2D eigenvalue weighted by Crippen LogP contribution is -1.97. The molecular weight excluding hydrogens is 376 g/mol. The van der Waals surface area contributed by atoms with Gasteiger partial charge in [0.1, 0.15) is 0 Å². The minimum atomic E-state index is -0.138. The van der Waals surface area contributed by atoms with Crippen molar-refractivity contribution in [3.05, 3.63) is 34.0 Å². The highest BCUT2D eigenvalue weighted by molar-refractivity contribution is 7.11. The number of aliphatic hydroxyl groups is 2. The molecule has 154 valence electrons. The van der Waals surface area contributed by atoms with Gasteiger partial charge in [0.15, 0.2) is 0 Å². The zero-order chi connectivity index (χ0) is 20.5. The van der Waals surface area contributed by atoms with Crippen LogP contribution in [0.25, 0.3) is 0 Å². The Kier molecular flexibility index (Phi) is 16.8. The van der Waals surface area contributed by atoms with Gasteiger partial charge in [-0.3, -0.25) is 0 Å². The number of aliphatic hydroxyl groups excluding tert-OH is 2. The van der Waals surface area contributed by atoms with Gasteiger partial charge in [0.05, 0.1) is 12.7 Å². The number of halogens is 1. The van der Waals surface area contributed by atoms with Gasteiger partial charge in [-0.2, -0.15) is 0 Å². The van der Waals surface area contributed by atoms with Crippen molar-refractivity contribution in [3.8, 4) is 12.8 Å². The number of alkyl halides is 1. The Bertz CT molecular complexity index is 507. The van der Waals surface area contributed by atoms with E-state index in [1.807, 2.05) is 13.0 Å². The number of terminal acetylenes is 1. The number of thiophene rings is 1. The van der Waals surface area contributed by atoms with Crippen molar-refractivity contribution in [1.29, 1.82) is 0 Å². The van der Waals surface area contributed by atoms with Crippen molar-refractivity contribution < 1.29 is 10.2 Å². The zero-order valence-electron chi connectivity index (χ0n) is 16.9. The van der Waals surface area contributed by atoms with E-state index in [-0.39, 0.29) is 12.7 Å². The average molecular weight is 413 g/mol. The fourth-order valence-electron chi connectivity index (χ4n) is 3.01. The molecule has 0 aromatic carbocycles. The molecule has 1 aromatic rings. The molecule has 1 aromatic heterocycles. The molecule has 1 heterocycles. The van der Waals surface area contributed by atoms with E-state index in [9.17, 15) is 0 Å². The van der Waals surface area contributed by atoms with E-state index >= 15 is 0 Å². The van der Waals surface area contributed by atoms with E-state index in [4.69, 9.17) is 21.8 Å². The van der Waals surface area contributed by atoms with Crippen LogP contribution in [0, 0.1) is 18.8 Å². The molecule has 2 nitrogen and oxygen atoms in total. The topological polar surface area (TPSA) is 40.5 Å². The van der Waals surface area contributed by atoms with Gasteiger partial charge < -0.3 is 10.2 Å². The highest BCUT2D eigenvalue weighted by atomic mass is 35.5. The Balaban J connectivity index is 0.000000488. The summed E-state index contributed by atoms with van der Waals surface area (Å²) >= 11 is 7.75. The highest BCUT2D eigenvalue weighted by Crippen LogP contribution is 2.30. The second-order valence-electron chi connectivity index (χ2n) is 7.01. The zero-order valence-corrected chi connectivity index (χ0v) is 18.5. The van der Waals surface area contributed by atoms with Gasteiger partial charge in [-0.25, -0.2) is 0 Å². The summed E-state index contributed by atoms with van der Waals surface area (Å²) < 4.78 is 0. The van der Waals surface area contributed by atoms with Crippen LogP contribution in [-0.2, 0) is 13.0 Å². The summed E-state index contributed by atoms with van der Waals surface area (Å²) in [7, 11) is 0. The fourth-order valence-corrected chi connectivity index (χ4v) is 4.35. The van der Waals surface area contributed by atoms with Crippen LogP contribution in [0.3, 0.4) is 0 Å². The van der Waals surface area contributed by atoms with Crippen molar-refractivity contribution in [2.45, 2.75) is 89.7 Å². The first-order valence-electron chi connectivity index (χ1n) is 10.1. The highest BCUT2D eigenvalue weighted by Gasteiger charge is 2.19. The molecular formula is C23H37ClO2S. The standard InChI is InChI=1S/C13H23ClO.C8H12OS.C2H2/c1-11(15)6-4-2-3-5-7-12-8-9-13(14)10-12;1-2-3-7-4-5-8(6-9)10-7;1-2/h5,7,11-13,15H,2-4,6,8-10H2,1H3;4-5,9H,2-3,6H2,1H3;1-2H/b7-5+;;/t11-,12+,13-;;/m1../s1. The van der Waals surface area contributed by atoms with Crippen LogP contribution in [-0.4, -0.2) is 21.7 Å². The third kappa shape index (κ3) is 13.9. The van der Waals surface area contributed by atoms with Gasteiger partial charge in [0.2, 0.25) is 0 Å². The summed E-state index contributed by atoms with van der Waals surface area (Å²) in [6, 6.07) is 4.09. The maximum Gasteiger partial charge on any atom is 0.0774 e. The molecule has 1 fully saturated rings. The van der Waals surface area contributed by atoms with Crippen LogP contribution in [0.4, 0.5) is 0 Å². The van der Waals surface area contributed by atoms with Crippen LogP contribution in [0.15, 0.2) is 24.3 Å². The quantitative estimate of drug-likeness (QED) is 0.215. The van der Waals surface area contributed by atoms with Crippen molar-refractivity contribution >= 4 is 22.9 Å². The lowest BCUT2D eigenvalue weighted by atomic mass is 10.1. The molecule has 2 rings (SSSR count). The Labute approximate surface area is 175 Å². The van der Waals surface area contributed by atoms with Crippen molar-refractivity contribution in [2.75, 3.05) is 0 Å². The van der Waals surface area contributed by atoms with E-state index < -0.39 is 0 Å². The van der Waals surface area contributed by atoms with Crippen molar-refractivity contribution in [1.82, 2.24) is 0 Å². The largest absolute Gasteiger partial charge is 0.393 e. The van der Waals surface area contributed by atoms with Crippen LogP contribution >= 0.6 is 22.9 Å². The molecule has 0 radical (unpaired) electrons. The Morgan fingerprint density at radius 2 is 1.96 bits per heavy atom. The summed E-state index contributed by atoms with van der Waals surface area (Å²) in [5.41, 5.74) is 0. The molecule has 2 N–H and O–H groups in total. The molecule has 1 aliphatic rings. The van der Waals surface area contributed by atoms with Crippen LogP contribution in [0.2, 0.25) is 0 Å². The Hall–Kier alpha value is -0.790. The second kappa shape index (κ2) is 17.3. The normalized spacial score (nSPS) is 19.8. The lowest BCUT2D eigenvalue weighted by molar-refractivity contribution is 0.181. The molecule has 1 aliphatic carbocycles. The SMILES string of the molecule is C#C.CCCc1ccc(CO)s1.C[C@@H](O)CCCC/C=C/[C@H]1CC[C@@H](Cl)C1. The maximum absolute atomic E-state index is 9.08. The third-order valence-electron chi connectivity index (χ3n) is 4.43. The van der Waals surface area contributed by atoms with Gasteiger partial charge in [0, 0.05) is 15.1 Å². The van der Waals surface area contributed by atoms with Crippen molar-refractivity contribution in [3.63, 3.8) is 0 Å². The van der Waals surface area contributed by atoms with Gasteiger partial charge in [0.25, 0.3) is 0 Å². The monoisotopic (exact) mass is 412 g/mol. The maximum atomic E-state index is 9.08. The van der Waals surface area contributed by atoms with E-state index in [0.717, 1.165) is 42.9 Å². The molecule has 0 aliphatic heterocycles. The Morgan fingerprint density at radius 1 is 1.26 bits per heavy atom. The van der Waals surface area contributed by atoms with E-state index in [1.165, 1.54) is 30.6 Å². The molecule has 0 spiro atoms. The number of hydrogen-bond acceptors (Lipinski definition) is 3. The third-order valence-corrected chi connectivity index (χ3v) is 5.96. The average Bonchev–Trinajstić information content (AvgIpc) is 3.29. The number of unbranched alkanes of at least 4 members (excludes halogenated alkanes) is 2. The number of allylic oxidation sites excluding steroid dienone is 2. The smallest absolute Gasteiger partial charge is 0.0774 e. The molecule has 4 heteroatoms. The summed E-state index contributed by atoms with van der Waals surface area (Å²) in [6.07, 6.45) is 22.8. The molecule has 0 saturated heterocycles. The van der Waals surface area contributed by atoms with Crippen LogP contribution < -0.4 is 0 Å². The first kappa shape index (κ1) is 26.2. The van der Waals surface area contributed by atoms with E-state index in [2.05, 4.69) is 38.0 Å². The molecule has 0 bridgehead atoms. The van der Waals surface area contributed by atoms with Gasteiger partial charge in [-0.1, -0.05) is 31.9 Å². The predicted octanol–water partition coefficient (Wildman–Crippen LogP) is 6.33. The van der Waals surface area contributed by atoms with Gasteiger partial charge >= 0.3 is 0 Å². The van der Waals surface area contributed by atoms with Gasteiger partial charge in [-0.15, -0.1) is 35.8 Å². The minimum Gasteiger partial charge on any atom is -0.393 e. The Morgan fingerprint density at radius 3 is 2.48 bits per heavy atom. The summed E-state index contributed by atoms with van der Waals surface area (Å²) in [6.45, 7) is 4.21.